The van der Waals surface area contributed by atoms with Gasteiger partial charge < -0.3 is 14.4 Å². The number of hydrogen-bond acceptors (Lipinski definition) is 5. The number of anilines is 1. The summed E-state index contributed by atoms with van der Waals surface area (Å²) in [5.41, 5.74) is -1.42. The molecule has 0 saturated carbocycles. The number of alkyl halides is 3. The molecule has 2 atom stereocenters. The molecule has 24 heavy (non-hydrogen) atoms. The van der Waals surface area contributed by atoms with Crippen LogP contribution in [0, 0.1) is 11.3 Å². The molecule has 3 rings (SSSR count). The van der Waals surface area contributed by atoms with Gasteiger partial charge in [0.15, 0.2) is 0 Å². The number of nitrogens with zero attached hydrogens (tertiary/aromatic N) is 3. The summed E-state index contributed by atoms with van der Waals surface area (Å²) >= 11 is 0. The first kappa shape index (κ1) is 17.0. The van der Waals surface area contributed by atoms with Gasteiger partial charge in [-0.05, 0) is 31.9 Å². The maximum absolute atomic E-state index is 13.0. The van der Waals surface area contributed by atoms with Gasteiger partial charge in [-0.3, -0.25) is 0 Å². The lowest BCUT2D eigenvalue weighted by Crippen LogP contribution is -2.59. The zero-order chi connectivity index (χ0) is 17.4. The first-order valence-corrected chi connectivity index (χ1v) is 7.82. The smallest absolute Gasteiger partial charge is 0.378 e. The second kappa shape index (κ2) is 6.22. The largest absolute Gasteiger partial charge is 0.433 e. The van der Waals surface area contributed by atoms with Crippen LogP contribution in [0.15, 0.2) is 12.1 Å². The van der Waals surface area contributed by atoms with Gasteiger partial charge in [-0.1, -0.05) is 0 Å². The molecule has 0 bridgehead atoms. The molecule has 2 aliphatic heterocycles. The average Bonchev–Trinajstić information content (AvgIpc) is 2.53. The van der Waals surface area contributed by atoms with Crippen LogP contribution in [0.4, 0.5) is 19.0 Å². The minimum Gasteiger partial charge on any atom is -0.378 e. The van der Waals surface area contributed by atoms with E-state index >= 15 is 0 Å². The second-order valence-electron chi connectivity index (χ2n) is 6.33. The quantitative estimate of drug-likeness (QED) is 0.786. The van der Waals surface area contributed by atoms with Gasteiger partial charge in [-0.15, -0.1) is 0 Å². The maximum atomic E-state index is 13.0. The van der Waals surface area contributed by atoms with E-state index in [4.69, 9.17) is 9.47 Å². The van der Waals surface area contributed by atoms with Gasteiger partial charge in [0.05, 0.1) is 24.8 Å². The van der Waals surface area contributed by atoms with Gasteiger partial charge >= 0.3 is 6.18 Å². The first-order chi connectivity index (χ1) is 11.3. The zero-order valence-corrected chi connectivity index (χ0v) is 13.3. The molecule has 1 spiro atoms. The Morgan fingerprint density at radius 2 is 2.21 bits per heavy atom. The molecule has 5 nitrogen and oxygen atoms in total. The summed E-state index contributed by atoms with van der Waals surface area (Å²) in [6.45, 7) is 3.66. The zero-order valence-electron chi connectivity index (χ0n) is 13.3. The van der Waals surface area contributed by atoms with E-state index in [2.05, 4.69) is 4.98 Å². The summed E-state index contributed by atoms with van der Waals surface area (Å²) in [5, 5.41) is 9.26. The predicted molar refractivity (Wildman–Crippen MR) is 79.5 cm³/mol. The fraction of sp³-hybridized carbons (Fsp3) is 0.625. The summed E-state index contributed by atoms with van der Waals surface area (Å²) < 4.78 is 50.5. The minimum atomic E-state index is -4.55. The molecule has 1 aromatic heterocycles. The van der Waals surface area contributed by atoms with Crippen LogP contribution in [0.5, 0.6) is 0 Å². The molecule has 3 heterocycles. The SMILES string of the molecule is C[C@@H]1CN(c2nc(C(F)(F)F)ccc2C#N)C[C@]2(CCCOC2)O1. The first-order valence-electron chi connectivity index (χ1n) is 7.82. The Labute approximate surface area is 138 Å². The molecule has 2 aliphatic rings. The van der Waals surface area contributed by atoms with Gasteiger partial charge in [0.2, 0.25) is 0 Å². The number of halogens is 3. The van der Waals surface area contributed by atoms with Crippen LogP contribution < -0.4 is 4.90 Å². The van der Waals surface area contributed by atoms with Crippen molar-refractivity contribution in [3.8, 4) is 6.07 Å². The molecule has 1 aromatic rings. The number of hydrogen-bond donors (Lipinski definition) is 0. The van der Waals surface area contributed by atoms with Gasteiger partial charge in [0.1, 0.15) is 23.2 Å². The lowest BCUT2D eigenvalue weighted by atomic mass is 9.93. The van der Waals surface area contributed by atoms with E-state index in [1.54, 1.807) is 4.90 Å². The van der Waals surface area contributed by atoms with Crippen molar-refractivity contribution in [3.63, 3.8) is 0 Å². The molecule has 0 unspecified atom stereocenters. The van der Waals surface area contributed by atoms with Gasteiger partial charge in [-0.2, -0.15) is 18.4 Å². The highest BCUT2D eigenvalue weighted by Crippen LogP contribution is 2.35. The summed E-state index contributed by atoms with van der Waals surface area (Å²) in [5.74, 6) is 0.0624. The monoisotopic (exact) mass is 341 g/mol. The van der Waals surface area contributed by atoms with Crippen molar-refractivity contribution in [3.05, 3.63) is 23.4 Å². The molecule has 8 heteroatoms. The van der Waals surface area contributed by atoms with E-state index in [0.29, 0.717) is 26.3 Å². The summed E-state index contributed by atoms with van der Waals surface area (Å²) in [7, 11) is 0. The Bertz CT molecular complexity index is 651. The number of nitriles is 1. The average molecular weight is 341 g/mol. The standard InChI is InChI=1S/C16H18F3N3O2/c1-11-8-22(9-15(24-11)5-2-6-23-10-15)14-12(7-20)3-4-13(21-14)16(17,18)19/h3-4,11H,2,5-6,8-10H2,1H3/t11-,15+/m1/s1. The van der Waals surface area contributed by atoms with E-state index < -0.39 is 17.5 Å². The number of ether oxygens (including phenoxy) is 2. The number of rotatable bonds is 1. The normalized spacial score (nSPS) is 28.0. The van der Waals surface area contributed by atoms with Crippen LogP contribution in [-0.4, -0.2) is 43.0 Å². The Hall–Kier alpha value is -1.85. The third kappa shape index (κ3) is 3.32. The molecule has 0 aliphatic carbocycles. The second-order valence-corrected chi connectivity index (χ2v) is 6.33. The van der Waals surface area contributed by atoms with E-state index in [1.807, 2.05) is 13.0 Å². The fourth-order valence-electron chi connectivity index (χ4n) is 3.36. The minimum absolute atomic E-state index is 0.0624. The molecule has 0 amide bonds. The summed E-state index contributed by atoms with van der Waals surface area (Å²) in [4.78, 5) is 5.45. The maximum Gasteiger partial charge on any atom is 0.433 e. The van der Waals surface area contributed by atoms with Crippen LogP contribution >= 0.6 is 0 Å². The third-order valence-corrected chi connectivity index (χ3v) is 4.28. The molecule has 0 N–H and O–H groups in total. The Kier molecular flexibility index (Phi) is 4.40. The van der Waals surface area contributed by atoms with Crippen molar-refractivity contribution in [2.75, 3.05) is 31.2 Å². The van der Waals surface area contributed by atoms with Crippen molar-refractivity contribution in [2.24, 2.45) is 0 Å². The number of pyridine rings is 1. The molecule has 2 fully saturated rings. The van der Waals surface area contributed by atoms with Crippen molar-refractivity contribution in [2.45, 2.75) is 37.6 Å². The Balaban J connectivity index is 1.96. The van der Waals surface area contributed by atoms with Crippen molar-refractivity contribution in [1.29, 1.82) is 5.26 Å². The highest BCUT2D eigenvalue weighted by atomic mass is 19.4. The van der Waals surface area contributed by atoms with Crippen LogP contribution in [0.1, 0.15) is 31.0 Å². The van der Waals surface area contributed by atoms with E-state index in [1.165, 1.54) is 6.07 Å². The van der Waals surface area contributed by atoms with Crippen molar-refractivity contribution >= 4 is 5.82 Å². The summed E-state index contributed by atoms with van der Waals surface area (Å²) in [6, 6.07) is 3.95. The highest BCUT2D eigenvalue weighted by molar-refractivity contribution is 5.55. The molecule has 0 aromatic carbocycles. The lowest BCUT2D eigenvalue weighted by molar-refractivity contribution is -0.160. The summed E-state index contributed by atoms with van der Waals surface area (Å²) in [6.07, 6.45) is -3.13. The fourth-order valence-corrected chi connectivity index (χ4v) is 3.36. The molecule has 0 radical (unpaired) electrons. The van der Waals surface area contributed by atoms with Crippen molar-refractivity contribution in [1.82, 2.24) is 4.98 Å². The van der Waals surface area contributed by atoms with Crippen LogP contribution in [0.3, 0.4) is 0 Å². The van der Waals surface area contributed by atoms with Gasteiger partial charge in [0, 0.05) is 13.2 Å². The lowest BCUT2D eigenvalue weighted by Gasteiger charge is -2.47. The van der Waals surface area contributed by atoms with Crippen LogP contribution in [0.2, 0.25) is 0 Å². The Morgan fingerprint density at radius 3 is 2.83 bits per heavy atom. The van der Waals surface area contributed by atoms with E-state index in [-0.39, 0.29) is 17.5 Å². The predicted octanol–water partition coefficient (Wildman–Crippen LogP) is 2.75. The number of aromatic nitrogens is 1. The number of morpholine rings is 1. The van der Waals surface area contributed by atoms with Crippen LogP contribution in [-0.2, 0) is 15.7 Å². The van der Waals surface area contributed by atoms with E-state index in [9.17, 15) is 18.4 Å². The third-order valence-electron chi connectivity index (χ3n) is 4.28. The highest BCUT2D eigenvalue weighted by Gasteiger charge is 2.42. The molecular weight excluding hydrogens is 323 g/mol. The van der Waals surface area contributed by atoms with Gasteiger partial charge in [-0.25, -0.2) is 4.98 Å². The van der Waals surface area contributed by atoms with Crippen molar-refractivity contribution < 1.29 is 22.6 Å². The Morgan fingerprint density at radius 1 is 1.42 bits per heavy atom. The van der Waals surface area contributed by atoms with Crippen LogP contribution in [0.25, 0.3) is 0 Å². The molecular formula is C16H18F3N3O2. The van der Waals surface area contributed by atoms with Gasteiger partial charge in [0.25, 0.3) is 0 Å². The topological polar surface area (TPSA) is 58.4 Å². The molecule has 2 saturated heterocycles. The van der Waals surface area contributed by atoms with E-state index in [0.717, 1.165) is 18.9 Å². The molecule has 130 valence electrons.